The third kappa shape index (κ3) is 8.58. The smallest absolute Gasteiger partial charge is 0.119 e. The molecule has 2 aliphatic heterocycles. The second-order valence-electron chi connectivity index (χ2n) is 16.2. The topological polar surface area (TPSA) is 24.9 Å². The molecule has 2 aliphatic rings. The summed E-state index contributed by atoms with van der Waals surface area (Å²) in [5.74, 6) is 15.7. The minimum Gasteiger partial charge on any atom is -0.494 e. The van der Waals surface area contributed by atoms with E-state index in [2.05, 4.69) is 179 Å². The van der Waals surface area contributed by atoms with Crippen molar-refractivity contribution in [2.45, 2.75) is 32.4 Å². The van der Waals surface area contributed by atoms with Gasteiger partial charge in [-0.2, -0.15) is 0 Å². The summed E-state index contributed by atoms with van der Waals surface area (Å²) in [5, 5.41) is 4.35. The first-order valence-electron chi connectivity index (χ1n) is 22.4. The minimum absolute atomic E-state index is 0.622. The van der Waals surface area contributed by atoms with Crippen LogP contribution in [0.4, 0.5) is 22.7 Å². The standard InChI is InChI=1S/C60H44N2O2S2/c1-2-16-48-47(15-1)51(37-31-43-27-33-45(34-28-43)63-41-13-39-61-53-19-5-9-23-57(53)65-58-24-10-6-20-54(58)61)49-17-3-4-18-50(49)52(48)38-32-44-29-35-46(36-30-44)64-42-14-40-62-55-21-7-11-25-59(55)66-60-26-12-8-22-56(60)62/h1-12,15-30,33-36H,13-14,39-42H2. The molecule has 0 saturated heterocycles. The SMILES string of the molecule is C(#Cc1c2ccccc2c(C#Cc2ccc(OCCCN3c4ccccc4Sc4ccccc43)cc2)c2ccccc12)c1ccc(OCCCN2c3ccccc3Sc3ccccc32)cc1. The summed E-state index contributed by atoms with van der Waals surface area (Å²) in [6.07, 6.45) is 1.78. The molecule has 9 aromatic rings. The molecule has 11 rings (SSSR count). The molecule has 0 atom stereocenters. The fourth-order valence-electron chi connectivity index (χ4n) is 8.81. The van der Waals surface area contributed by atoms with Crippen molar-refractivity contribution in [3.63, 3.8) is 0 Å². The Morgan fingerprint density at radius 1 is 0.333 bits per heavy atom. The van der Waals surface area contributed by atoms with Gasteiger partial charge in [-0.15, -0.1) is 0 Å². The van der Waals surface area contributed by atoms with E-state index in [1.165, 1.54) is 42.3 Å². The van der Waals surface area contributed by atoms with Crippen molar-refractivity contribution in [3.05, 3.63) is 216 Å². The van der Waals surface area contributed by atoms with Crippen LogP contribution in [-0.4, -0.2) is 26.3 Å². The average Bonchev–Trinajstić information content (AvgIpc) is 3.37. The van der Waals surface area contributed by atoms with E-state index in [1.807, 2.05) is 72.1 Å². The molecule has 0 N–H and O–H groups in total. The van der Waals surface area contributed by atoms with E-state index in [9.17, 15) is 0 Å². The van der Waals surface area contributed by atoms with Gasteiger partial charge in [0.15, 0.2) is 0 Å². The summed E-state index contributed by atoms with van der Waals surface area (Å²) in [5.41, 5.74) is 8.90. The summed E-state index contributed by atoms with van der Waals surface area (Å²) in [6.45, 7) is 2.99. The molecule has 0 bridgehead atoms. The number of para-hydroxylation sites is 4. The van der Waals surface area contributed by atoms with Crippen LogP contribution in [0.5, 0.6) is 11.5 Å². The van der Waals surface area contributed by atoms with Crippen molar-refractivity contribution in [1.82, 2.24) is 0 Å². The summed E-state index contributed by atoms with van der Waals surface area (Å²) >= 11 is 3.68. The molecular weight excluding hydrogens is 845 g/mol. The lowest BCUT2D eigenvalue weighted by Gasteiger charge is -2.32. The molecule has 9 aromatic carbocycles. The largest absolute Gasteiger partial charge is 0.494 e. The molecule has 4 nitrogen and oxygen atoms in total. The van der Waals surface area contributed by atoms with Crippen LogP contribution in [0.2, 0.25) is 0 Å². The second-order valence-corrected chi connectivity index (χ2v) is 18.3. The summed E-state index contributed by atoms with van der Waals surface area (Å²) in [4.78, 5) is 9.99. The van der Waals surface area contributed by atoms with Crippen LogP contribution in [0.3, 0.4) is 0 Å². The van der Waals surface area contributed by atoms with Crippen LogP contribution in [0.1, 0.15) is 35.1 Å². The molecule has 0 unspecified atom stereocenters. The molecular formula is C60H44N2O2S2. The maximum atomic E-state index is 6.24. The number of hydrogen-bond donors (Lipinski definition) is 0. The first-order chi connectivity index (χ1) is 32.7. The normalized spacial score (nSPS) is 12.2. The molecule has 2 heterocycles. The monoisotopic (exact) mass is 888 g/mol. The molecule has 0 amide bonds. The molecule has 0 aliphatic carbocycles. The lowest BCUT2D eigenvalue weighted by atomic mass is 9.92. The zero-order valence-electron chi connectivity index (χ0n) is 36.2. The fourth-order valence-corrected chi connectivity index (χ4v) is 11.0. The number of fused-ring (bicyclic) bond motifs is 6. The van der Waals surface area contributed by atoms with E-state index < -0.39 is 0 Å². The molecule has 0 spiro atoms. The van der Waals surface area contributed by atoms with Crippen molar-refractivity contribution in [2.75, 3.05) is 36.1 Å². The van der Waals surface area contributed by atoms with Crippen molar-refractivity contribution in [1.29, 1.82) is 0 Å². The van der Waals surface area contributed by atoms with Gasteiger partial charge >= 0.3 is 0 Å². The van der Waals surface area contributed by atoms with E-state index >= 15 is 0 Å². The highest BCUT2D eigenvalue weighted by Crippen LogP contribution is 2.49. The van der Waals surface area contributed by atoms with Crippen molar-refractivity contribution < 1.29 is 9.47 Å². The van der Waals surface area contributed by atoms with Gasteiger partial charge in [0.25, 0.3) is 0 Å². The summed E-state index contributed by atoms with van der Waals surface area (Å²) in [6, 6.07) is 67.8. The highest BCUT2D eigenvalue weighted by atomic mass is 32.2. The Bertz CT molecular complexity index is 2990. The second kappa shape index (κ2) is 18.9. The van der Waals surface area contributed by atoms with Gasteiger partial charge in [0.2, 0.25) is 0 Å². The first kappa shape index (κ1) is 41.2. The average molecular weight is 889 g/mol. The van der Waals surface area contributed by atoms with Crippen LogP contribution < -0.4 is 19.3 Å². The zero-order valence-corrected chi connectivity index (χ0v) is 37.9. The first-order valence-corrected chi connectivity index (χ1v) is 24.1. The summed E-state index contributed by atoms with van der Waals surface area (Å²) in [7, 11) is 0. The molecule has 0 radical (unpaired) electrons. The van der Waals surface area contributed by atoms with E-state index in [4.69, 9.17) is 9.47 Å². The van der Waals surface area contributed by atoms with Gasteiger partial charge in [-0.25, -0.2) is 0 Å². The number of anilines is 4. The Morgan fingerprint density at radius 3 is 0.970 bits per heavy atom. The maximum Gasteiger partial charge on any atom is 0.119 e. The predicted octanol–water partition coefficient (Wildman–Crippen LogP) is 14.9. The quantitative estimate of drug-likeness (QED) is 0.0771. The molecule has 66 heavy (non-hydrogen) atoms. The molecule has 0 saturated carbocycles. The molecule has 0 fully saturated rings. The van der Waals surface area contributed by atoms with E-state index in [-0.39, 0.29) is 0 Å². The van der Waals surface area contributed by atoms with Crippen molar-refractivity contribution in [3.8, 4) is 35.2 Å². The fraction of sp³-hybridized carbons (Fsp3) is 0.100. The Kier molecular flexibility index (Phi) is 11.8. The van der Waals surface area contributed by atoms with E-state index in [0.717, 1.165) is 81.2 Å². The lowest BCUT2D eigenvalue weighted by molar-refractivity contribution is 0.313. The molecule has 318 valence electrons. The Morgan fingerprint density at radius 2 is 0.636 bits per heavy atom. The minimum atomic E-state index is 0.622. The van der Waals surface area contributed by atoms with Crippen LogP contribution in [-0.2, 0) is 0 Å². The maximum absolute atomic E-state index is 6.24. The van der Waals surface area contributed by atoms with Gasteiger partial charge in [0.05, 0.1) is 36.0 Å². The Hall–Kier alpha value is -7.48. The van der Waals surface area contributed by atoms with Crippen LogP contribution in [0.15, 0.2) is 214 Å². The van der Waals surface area contributed by atoms with Crippen LogP contribution in [0, 0.1) is 23.7 Å². The number of ether oxygens (including phenoxy) is 2. The number of nitrogens with zero attached hydrogens (tertiary/aromatic N) is 2. The Labute approximate surface area is 395 Å². The van der Waals surface area contributed by atoms with Gasteiger partial charge in [-0.05, 0) is 131 Å². The highest BCUT2D eigenvalue weighted by Gasteiger charge is 2.24. The highest BCUT2D eigenvalue weighted by molar-refractivity contribution is 8.00. The van der Waals surface area contributed by atoms with E-state index in [1.54, 1.807) is 0 Å². The molecule has 6 heteroatoms. The third-order valence-corrected chi connectivity index (χ3v) is 14.2. The van der Waals surface area contributed by atoms with Gasteiger partial charge in [-0.1, -0.05) is 144 Å². The third-order valence-electron chi connectivity index (χ3n) is 12.0. The van der Waals surface area contributed by atoms with Crippen LogP contribution in [0.25, 0.3) is 21.5 Å². The van der Waals surface area contributed by atoms with Gasteiger partial charge < -0.3 is 19.3 Å². The van der Waals surface area contributed by atoms with Gasteiger partial charge in [0, 0.05) is 54.9 Å². The summed E-state index contributed by atoms with van der Waals surface area (Å²) < 4.78 is 12.5. The molecule has 0 aromatic heterocycles. The number of rotatable bonds is 10. The lowest BCUT2D eigenvalue weighted by Crippen LogP contribution is -2.23. The predicted molar refractivity (Wildman–Crippen MR) is 275 cm³/mol. The zero-order chi connectivity index (χ0) is 44.1. The van der Waals surface area contributed by atoms with Crippen molar-refractivity contribution in [2.24, 2.45) is 0 Å². The number of hydrogen-bond acceptors (Lipinski definition) is 6. The Balaban J connectivity index is 0.748. The van der Waals surface area contributed by atoms with Crippen LogP contribution >= 0.6 is 23.5 Å². The van der Waals surface area contributed by atoms with Gasteiger partial charge in [-0.3, -0.25) is 0 Å². The number of benzene rings is 9. The van der Waals surface area contributed by atoms with Crippen molar-refractivity contribution >= 4 is 67.8 Å². The van der Waals surface area contributed by atoms with Gasteiger partial charge in [0.1, 0.15) is 11.5 Å². The van der Waals surface area contributed by atoms with E-state index in [0.29, 0.717) is 13.2 Å².